The molecule has 1 saturated heterocycles. The largest absolute Gasteiger partial charge is 0.339 e. The first-order valence-electron chi connectivity index (χ1n) is 9.22. The lowest BCUT2D eigenvalue weighted by Crippen LogP contribution is -2.26. The molecule has 0 N–H and O–H groups in total. The molecule has 3 aromatic rings. The summed E-state index contributed by atoms with van der Waals surface area (Å²) < 4.78 is 15.0. The van der Waals surface area contributed by atoms with Gasteiger partial charge in [-0.2, -0.15) is 5.10 Å². The van der Waals surface area contributed by atoms with E-state index in [9.17, 15) is 9.18 Å². The van der Waals surface area contributed by atoms with Crippen LogP contribution in [0.15, 0.2) is 61.4 Å². The first kappa shape index (κ1) is 18.1. The average molecular weight is 376 g/mol. The Balaban J connectivity index is 1.75. The Labute approximate surface area is 163 Å². The Morgan fingerprint density at radius 3 is 2.71 bits per heavy atom. The molecule has 0 unspecified atom stereocenters. The Bertz CT molecular complexity index is 1030. The maximum Gasteiger partial charge on any atom is 0.245 e. The van der Waals surface area contributed by atoms with E-state index in [-0.39, 0.29) is 17.6 Å². The third kappa shape index (κ3) is 3.45. The van der Waals surface area contributed by atoms with Crippen LogP contribution < -0.4 is 0 Å². The summed E-state index contributed by atoms with van der Waals surface area (Å²) in [6.45, 7) is 4.93. The summed E-state index contributed by atoms with van der Waals surface area (Å²) >= 11 is 0. The molecular weight excluding hydrogens is 355 g/mol. The minimum atomic E-state index is -0.275. The van der Waals surface area contributed by atoms with Gasteiger partial charge >= 0.3 is 0 Å². The normalized spacial score (nSPS) is 16.4. The number of amides is 1. The third-order valence-corrected chi connectivity index (χ3v) is 5.18. The van der Waals surface area contributed by atoms with Crippen molar-refractivity contribution in [1.29, 1.82) is 0 Å². The van der Waals surface area contributed by atoms with Crippen molar-refractivity contribution in [3.63, 3.8) is 0 Å². The van der Waals surface area contributed by atoms with Crippen LogP contribution in [0.5, 0.6) is 0 Å². The van der Waals surface area contributed by atoms with Crippen LogP contribution in [0.4, 0.5) is 4.39 Å². The third-order valence-electron chi connectivity index (χ3n) is 5.18. The second kappa shape index (κ2) is 7.38. The molecule has 0 aliphatic carbocycles. The van der Waals surface area contributed by atoms with Gasteiger partial charge in [0.2, 0.25) is 5.91 Å². The number of carbonyl (C=O) groups excluding carboxylic acids is 1. The van der Waals surface area contributed by atoms with Crippen LogP contribution in [0, 0.1) is 5.82 Å². The minimum absolute atomic E-state index is 0.0437. The van der Waals surface area contributed by atoms with Crippen LogP contribution in [0.2, 0.25) is 0 Å². The van der Waals surface area contributed by atoms with Crippen LogP contribution in [0.1, 0.15) is 17.9 Å². The van der Waals surface area contributed by atoms with Gasteiger partial charge in [0.05, 0.1) is 11.4 Å². The number of rotatable bonds is 4. The molecule has 1 aromatic carbocycles. The van der Waals surface area contributed by atoms with Crippen molar-refractivity contribution in [3.05, 3.63) is 72.8 Å². The van der Waals surface area contributed by atoms with E-state index in [1.54, 1.807) is 16.8 Å². The number of aromatic nitrogens is 3. The van der Waals surface area contributed by atoms with E-state index in [2.05, 4.69) is 16.7 Å². The van der Waals surface area contributed by atoms with Crippen molar-refractivity contribution >= 4 is 5.91 Å². The predicted molar refractivity (Wildman–Crippen MR) is 106 cm³/mol. The molecule has 3 heterocycles. The van der Waals surface area contributed by atoms with Crippen LogP contribution in [-0.2, 0) is 11.8 Å². The predicted octanol–water partition coefficient (Wildman–Crippen LogP) is 3.79. The highest BCUT2D eigenvalue weighted by Crippen LogP contribution is 2.36. The number of aryl methyl sites for hydroxylation is 1. The van der Waals surface area contributed by atoms with Gasteiger partial charge in [-0.05, 0) is 54.5 Å². The van der Waals surface area contributed by atoms with E-state index in [0.29, 0.717) is 13.1 Å². The van der Waals surface area contributed by atoms with Gasteiger partial charge in [-0.3, -0.25) is 14.5 Å². The van der Waals surface area contributed by atoms with Crippen molar-refractivity contribution in [2.24, 2.45) is 7.05 Å². The van der Waals surface area contributed by atoms with E-state index >= 15 is 0 Å². The summed E-state index contributed by atoms with van der Waals surface area (Å²) in [7, 11) is 1.88. The molecule has 1 aliphatic heterocycles. The topological polar surface area (TPSA) is 51.0 Å². The fourth-order valence-electron chi connectivity index (χ4n) is 3.69. The van der Waals surface area contributed by atoms with Crippen LogP contribution >= 0.6 is 0 Å². The summed E-state index contributed by atoms with van der Waals surface area (Å²) in [5.41, 5.74) is 4.54. The SMILES string of the molecule is C=CC(=O)N1CC[C@@H](c2cnc(-c3ccc(F)cc3)cc2-c2ccn(C)n2)C1. The number of halogens is 1. The summed E-state index contributed by atoms with van der Waals surface area (Å²) in [6, 6.07) is 10.3. The summed E-state index contributed by atoms with van der Waals surface area (Å²) in [5, 5.41) is 4.56. The maximum atomic E-state index is 13.3. The van der Waals surface area contributed by atoms with Crippen LogP contribution in [-0.4, -0.2) is 38.7 Å². The molecule has 0 bridgehead atoms. The van der Waals surface area contributed by atoms with Crippen molar-refractivity contribution in [2.45, 2.75) is 12.3 Å². The highest BCUT2D eigenvalue weighted by atomic mass is 19.1. The number of nitrogens with zero attached hydrogens (tertiary/aromatic N) is 4. The lowest BCUT2D eigenvalue weighted by molar-refractivity contribution is -0.125. The molecule has 28 heavy (non-hydrogen) atoms. The van der Waals surface area contributed by atoms with Gasteiger partial charge in [0, 0.05) is 49.6 Å². The smallest absolute Gasteiger partial charge is 0.245 e. The Morgan fingerprint density at radius 2 is 2.04 bits per heavy atom. The molecular formula is C22H21FN4O. The molecule has 142 valence electrons. The number of likely N-dealkylation sites (tertiary alicyclic amines) is 1. The second-order valence-electron chi connectivity index (χ2n) is 7.01. The van der Waals surface area contributed by atoms with Gasteiger partial charge in [0.1, 0.15) is 5.82 Å². The van der Waals surface area contributed by atoms with E-state index in [4.69, 9.17) is 0 Å². The molecule has 2 aromatic heterocycles. The molecule has 0 saturated carbocycles. The molecule has 1 amide bonds. The molecule has 4 rings (SSSR count). The quantitative estimate of drug-likeness (QED) is 0.651. The maximum absolute atomic E-state index is 13.3. The number of hydrogen-bond donors (Lipinski definition) is 0. The molecule has 1 atom stereocenters. The highest BCUT2D eigenvalue weighted by Gasteiger charge is 2.28. The van der Waals surface area contributed by atoms with Gasteiger partial charge in [-0.1, -0.05) is 6.58 Å². The van der Waals surface area contributed by atoms with Crippen molar-refractivity contribution in [3.8, 4) is 22.5 Å². The molecule has 0 spiro atoms. The van der Waals surface area contributed by atoms with E-state index in [1.807, 2.05) is 36.5 Å². The molecule has 1 fully saturated rings. The van der Waals surface area contributed by atoms with E-state index in [1.165, 1.54) is 18.2 Å². The molecule has 0 radical (unpaired) electrons. The first-order valence-corrected chi connectivity index (χ1v) is 9.22. The van der Waals surface area contributed by atoms with E-state index < -0.39 is 0 Å². The van der Waals surface area contributed by atoms with Crippen molar-refractivity contribution < 1.29 is 9.18 Å². The van der Waals surface area contributed by atoms with Gasteiger partial charge in [0.15, 0.2) is 0 Å². The number of pyridine rings is 1. The van der Waals surface area contributed by atoms with Crippen LogP contribution in [0.25, 0.3) is 22.5 Å². The summed E-state index contributed by atoms with van der Waals surface area (Å²) in [6.07, 6.45) is 6.00. The monoisotopic (exact) mass is 376 g/mol. The zero-order chi connectivity index (χ0) is 19.7. The summed E-state index contributed by atoms with van der Waals surface area (Å²) in [4.78, 5) is 18.4. The Hall–Kier alpha value is -3.28. The van der Waals surface area contributed by atoms with Crippen LogP contribution in [0.3, 0.4) is 0 Å². The number of carbonyl (C=O) groups is 1. The van der Waals surface area contributed by atoms with Gasteiger partial charge < -0.3 is 4.90 Å². The molecule has 5 nitrogen and oxygen atoms in total. The highest BCUT2D eigenvalue weighted by molar-refractivity contribution is 5.87. The van der Waals surface area contributed by atoms with Gasteiger partial charge in [-0.25, -0.2) is 4.39 Å². The fraction of sp³-hybridized carbons (Fsp3) is 0.227. The Morgan fingerprint density at radius 1 is 1.25 bits per heavy atom. The minimum Gasteiger partial charge on any atom is -0.339 e. The molecule has 6 heteroatoms. The lowest BCUT2D eigenvalue weighted by Gasteiger charge is -2.17. The number of hydrogen-bond acceptors (Lipinski definition) is 3. The summed E-state index contributed by atoms with van der Waals surface area (Å²) in [5.74, 6) is -0.128. The van der Waals surface area contributed by atoms with Gasteiger partial charge in [0.25, 0.3) is 0 Å². The molecule has 1 aliphatic rings. The zero-order valence-electron chi connectivity index (χ0n) is 15.7. The zero-order valence-corrected chi connectivity index (χ0v) is 15.7. The van der Waals surface area contributed by atoms with Gasteiger partial charge in [-0.15, -0.1) is 0 Å². The first-order chi connectivity index (χ1) is 13.5. The fourth-order valence-corrected chi connectivity index (χ4v) is 3.69. The second-order valence-corrected chi connectivity index (χ2v) is 7.01. The van der Waals surface area contributed by atoms with Crippen molar-refractivity contribution in [1.82, 2.24) is 19.7 Å². The average Bonchev–Trinajstić information content (AvgIpc) is 3.37. The van der Waals surface area contributed by atoms with Crippen molar-refractivity contribution in [2.75, 3.05) is 13.1 Å². The lowest BCUT2D eigenvalue weighted by atomic mass is 9.92. The van der Waals surface area contributed by atoms with E-state index in [0.717, 1.165) is 34.5 Å². The Kier molecular flexibility index (Phi) is 4.77. The standard InChI is InChI=1S/C22H21FN4O/c1-3-22(28)27-11-8-16(14-27)19-13-24-21(15-4-6-17(23)7-5-15)12-18(19)20-9-10-26(2)25-20/h3-7,9-10,12-13,16H,1,8,11,14H2,2H3/t16-/m1/s1. The number of benzene rings is 1.